The summed E-state index contributed by atoms with van der Waals surface area (Å²) in [6.45, 7) is 3.87. The zero-order chi connectivity index (χ0) is 31.7. The maximum Gasteiger partial charge on any atom is 0.313 e. The molecule has 0 spiro atoms. The van der Waals surface area contributed by atoms with Crippen molar-refractivity contribution in [3.05, 3.63) is 29.1 Å². The molecule has 0 unspecified atom stereocenters. The SMILES string of the molecule is CC(C)(NC(=O)CCOCCOCCNC(=O)CCOCCOCCC(=O)Oc1c(F)c(F)c(F)c(F)c1F)C(N)=O. The summed E-state index contributed by atoms with van der Waals surface area (Å²) in [5.41, 5.74) is 4.03. The lowest BCUT2D eigenvalue weighted by Gasteiger charge is -2.22. The van der Waals surface area contributed by atoms with E-state index >= 15 is 0 Å². The number of primary amides is 1. The fourth-order valence-corrected chi connectivity index (χ4v) is 2.79. The minimum absolute atomic E-state index is 0.0105. The Morgan fingerprint density at radius 1 is 0.643 bits per heavy atom. The zero-order valence-electron chi connectivity index (χ0n) is 23.1. The molecule has 0 atom stereocenters. The van der Waals surface area contributed by atoms with Gasteiger partial charge in [-0.1, -0.05) is 0 Å². The number of rotatable bonds is 21. The molecule has 1 aromatic carbocycles. The molecule has 1 aromatic rings. The fourth-order valence-electron chi connectivity index (χ4n) is 2.79. The normalized spacial score (nSPS) is 11.3. The van der Waals surface area contributed by atoms with Crippen molar-refractivity contribution in [3.8, 4) is 5.75 Å². The monoisotopic (exact) mass is 615 g/mol. The number of hydrogen-bond acceptors (Lipinski definition) is 9. The molecule has 12 nitrogen and oxygen atoms in total. The summed E-state index contributed by atoms with van der Waals surface area (Å²) >= 11 is 0. The third kappa shape index (κ3) is 13.5. The van der Waals surface area contributed by atoms with E-state index < -0.39 is 58.7 Å². The second-order valence-electron chi connectivity index (χ2n) is 8.96. The number of carbonyl (C=O) groups excluding carboxylic acids is 4. The lowest BCUT2D eigenvalue weighted by atomic mass is 10.1. The van der Waals surface area contributed by atoms with E-state index in [0.717, 1.165) is 0 Å². The number of hydrogen-bond donors (Lipinski definition) is 3. The Morgan fingerprint density at radius 2 is 1.07 bits per heavy atom. The highest BCUT2D eigenvalue weighted by atomic mass is 19.2. The number of nitrogens with one attached hydrogen (secondary N) is 2. The number of amides is 3. The highest BCUT2D eigenvalue weighted by molar-refractivity contribution is 5.89. The Kier molecular flexibility index (Phi) is 16.5. The molecular formula is C25H34F5N3O9. The Bertz CT molecular complexity index is 1050. The lowest BCUT2D eigenvalue weighted by molar-refractivity contribution is -0.136. The number of ether oxygens (including phenoxy) is 5. The molecule has 0 bridgehead atoms. The summed E-state index contributed by atoms with van der Waals surface area (Å²) in [6.07, 6.45) is -0.443. The Morgan fingerprint density at radius 3 is 1.57 bits per heavy atom. The highest BCUT2D eigenvalue weighted by Crippen LogP contribution is 2.29. The average molecular weight is 616 g/mol. The number of nitrogens with two attached hydrogens (primary N) is 1. The van der Waals surface area contributed by atoms with Crippen LogP contribution in [0.5, 0.6) is 5.75 Å². The Balaban J connectivity index is 1.99. The van der Waals surface area contributed by atoms with E-state index in [1.165, 1.54) is 13.8 Å². The predicted molar refractivity (Wildman–Crippen MR) is 133 cm³/mol. The predicted octanol–water partition coefficient (Wildman–Crippen LogP) is 1.02. The smallest absolute Gasteiger partial charge is 0.313 e. The second-order valence-corrected chi connectivity index (χ2v) is 8.96. The summed E-state index contributed by atoms with van der Waals surface area (Å²) in [4.78, 5) is 46.3. The summed E-state index contributed by atoms with van der Waals surface area (Å²) < 4.78 is 91.3. The molecule has 1 rings (SSSR count). The van der Waals surface area contributed by atoms with Gasteiger partial charge >= 0.3 is 5.97 Å². The number of benzene rings is 1. The van der Waals surface area contributed by atoms with Gasteiger partial charge in [-0.15, -0.1) is 0 Å². The van der Waals surface area contributed by atoms with Crippen LogP contribution in [0.2, 0.25) is 0 Å². The van der Waals surface area contributed by atoms with Gasteiger partial charge in [0, 0.05) is 19.4 Å². The minimum Gasteiger partial charge on any atom is -0.420 e. The third-order valence-electron chi connectivity index (χ3n) is 5.16. The van der Waals surface area contributed by atoms with Crippen LogP contribution in [0.3, 0.4) is 0 Å². The number of esters is 1. The van der Waals surface area contributed by atoms with Gasteiger partial charge in [-0.25, -0.2) is 13.2 Å². The average Bonchev–Trinajstić information content (AvgIpc) is 2.93. The molecule has 17 heteroatoms. The van der Waals surface area contributed by atoms with Crippen molar-refractivity contribution in [1.29, 1.82) is 0 Å². The maximum absolute atomic E-state index is 13.5. The lowest BCUT2D eigenvalue weighted by Crippen LogP contribution is -2.53. The van der Waals surface area contributed by atoms with Crippen LogP contribution in [0.1, 0.15) is 33.1 Å². The minimum atomic E-state index is -2.37. The van der Waals surface area contributed by atoms with Crippen LogP contribution < -0.4 is 21.1 Å². The summed E-state index contributed by atoms with van der Waals surface area (Å²) in [6, 6.07) is 0. The van der Waals surface area contributed by atoms with E-state index in [4.69, 9.17) is 24.7 Å². The molecule has 4 N–H and O–H groups in total. The first kappa shape index (κ1) is 36.6. The molecule has 0 fully saturated rings. The van der Waals surface area contributed by atoms with Crippen LogP contribution in [0.15, 0.2) is 0 Å². The van der Waals surface area contributed by atoms with Gasteiger partial charge in [0.05, 0.1) is 59.3 Å². The van der Waals surface area contributed by atoms with Gasteiger partial charge in [0.1, 0.15) is 5.54 Å². The molecular weight excluding hydrogens is 581 g/mol. The van der Waals surface area contributed by atoms with Gasteiger partial charge in [0.15, 0.2) is 0 Å². The van der Waals surface area contributed by atoms with Crippen LogP contribution in [0, 0.1) is 29.1 Å². The largest absolute Gasteiger partial charge is 0.420 e. The third-order valence-corrected chi connectivity index (χ3v) is 5.16. The van der Waals surface area contributed by atoms with Crippen molar-refractivity contribution in [1.82, 2.24) is 10.6 Å². The van der Waals surface area contributed by atoms with E-state index in [1.54, 1.807) is 0 Å². The Labute approximate surface area is 238 Å². The molecule has 0 aromatic heterocycles. The topological polar surface area (TPSA) is 165 Å². The van der Waals surface area contributed by atoms with Crippen LogP contribution in [0.25, 0.3) is 0 Å². The van der Waals surface area contributed by atoms with E-state index in [1.807, 2.05) is 0 Å². The summed E-state index contributed by atoms with van der Waals surface area (Å²) in [5.74, 6) is -15.7. The van der Waals surface area contributed by atoms with Crippen molar-refractivity contribution in [2.75, 3.05) is 59.4 Å². The molecule has 0 saturated carbocycles. The van der Waals surface area contributed by atoms with E-state index in [0.29, 0.717) is 0 Å². The van der Waals surface area contributed by atoms with E-state index in [9.17, 15) is 41.1 Å². The number of carbonyl (C=O) groups is 4. The molecule has 238 valence electrons. The van der Waals surface area contributed by atoms with Gasteiger partial charge in [-0.3, -0.25) is 19.2 Å². The fraction of sp³-hybridized carbons (Fsp3) is 0.600. The quantitative estimate of drug-likeness (QED) is 0.0458. The van der Waals surface area contributed by atoms with Gasteiger partial charge in [0.2, 0.25) is 52.6 Å². The summed E-state index contributed by atoms with van der Waals surface area (Å²) in [5, 5.41) is 5.10. The van der Waals surface area contributed by atoms with Crippen molar-refractivity contribution in [2.45, 2.75) is 38.6 Å². The van der Waals surface area contributed by atoms with E-state index in [-0.39, 0.29) is 84.1 Å². The molecule has 3 amide bonds. The van der Waals surface area contributed by atoms with Crippen LogP contribution in [-0.4, -0.2) is 88.6 Å². The van der Waals surface area contributed by atoms with Crippen LogP contribution >= 0.6 is 0 Å². The van der Waals surface area contributed by atoms with Gasteiger partial charge in [0.25, 0.3) is 0 Å². The molecule has 0 radical (unpaired) electrons. The molecule has 42 heavy (non-hydrogen) atoms. The van der Waals surface area contributed by atoms with Crippen molar-refractivity contribution in [2.24, 2.45) is 5.73 Å². The zero-order valence-corrected chi connectivity index (χ0v) is 23.1. The standard InChI is InChI=1S/C25H34F5N3O9/c1-25(2,24(31)37)33-16(35)4-8-39-13-14-41-10-6-32-15(34)3-7-38-11-12-40-9-5-17(36)42-23-21(29)19(27)18(26)20(28)22(23)30/h3-14H2,1-2H3,(H2,31,37)(H,32,34)(H,33,35). The molecule has 0 aliphatic carbocycles. The van der Waals surface area contributed by atoms with Crippen molar-refractivity contribution < 1.29 is 64.8 Å². The Hall–Kier alpha value is -3.41. The van der Waals surface area contributed by atoms with Gasteiger partial charge in [-0.05, 0) is 13.8 Å². The van der Waals surface area contributed by atoms with E-state index in [2.05, 4.69) is 15.4 Å². The second kappa shape index (κ2) is 18.9. The maximum atomic E-state index is 13.5. The summed E-state index contributed by atoms with van der Waals surface area (Å²) in [7, 11) is 0. The van der Waals surface area contributed by atoms with Crippen molar-refractivity contribution >= 4 is 23.7 Å². The number of halogens is 5. The van der Waals surface area contributed by atoms with Crippen molar-refractivity contribution in [3.63, 3.8) is 0 Å². The first-order valence-electron chi connectivity index (χ1n) is 12.7. The molecule has 0 aliphatic rings. The van der Waals surface area contributed by atoms with Gasteiger partial charge < -0.3 is 40.1 Å². The van der Waals surface area contributed by atoms with Gasteiger partial charge in [-0.2, -0.15) is 8.78 Å². The molecule has 0 aliphatic heterocycles. The first-order valence-corrected chi connectivity index (χ1v) is 12.7. The molecule has 0 saturated heterocycles. The van der Waals surface area contributed by atoms with Crippen LogP contribution in [0.4, 0.5) is 22.0 Å². The molecule has 0 heterocycles. The highest BCUT2D eigenvalue weighted by Gasteiger charge is 2.28. The first-order chi connectivity index (χ1) is 19.8. The van der Waals surface area contributed by atoms with Crippen LogP contribution in [-0.2, 0) is 38.1 Å².